The van der Waals surface area contributed by atoms with Crippen molar-refractivity contribution in [3.63, 3.8) is 0 Å². The highest BCUT2D eigenvalue weighted by Crippen LogP contribution is 2.27. The molecule has 0 saturated heterocycles. The predicted octanol–water partition coefficient (Wildman–Crippen LogP) is 3.54. The van der Waals surface area contributed by atoms with Crippen molar-refractivity contribution in [2.24, 2.45) is 0 Å². The molecule has 1 aromatic carbocycles. The minimum atomic E-state index is -1.69. The molecule has 178 valence electrons. The molecule has 0 fully saturated rings. The van der Waals surface area contributed by atoms with Crippen LogP contribution >= 0.6 is 0 Å². The zero-order chi connectivity index (χ0) is 25.0. The largest absolute Gasteiger partial charge is 0.467 e. The zero-order valence-corrected chi connectivity index (χ0v) is 18.7. The first-order valence-electron chi connectivity index (χ1n) is 10.2. The van der Waals surface area contributed by atoms with Crippen molar-refractivity contribution in [3.8, 4) is 6.07 Å². The van der Waals surface area contributed by atoms with Gasteiger partial charge in [0.15, 0.2) is 17.5 Å². The SMILES string of the molecule is Cc1c(C#N)c(NC(=O)CN(C)CC(=O)Nc2ccc(F)c(F)c2F)n(Cc2ccco2)c1C. The van der Waals surface area contributed by atoms with E-state index in [9.17, 15) is 28.0 Å². The molecule has 0 aliphatic heterocycles. The minimum Gasteiger partial charge on any atom is -0.467 e. The van der Waals surface area contributed by atoms with Crippen LogP contribution in [0.15, 0.2) is 34.9 Å². The molecule has 2 aromatic heterocycles. The van der Waals surface area contributed by atoms with Crippen LogP contribution in [0.3, 0.4) is 0 Å². The number of furan rings is 1. The molecule has 0 radical (unpaired) electrons. The summed E-state index contributed by atoms with van der Waals surface area (Å²) in [6.45, 7) is 3.33. The van der Waals surface area contributed by atoms with E-state index in [4.69, 9.17) is 4.42 Å². The lowest BCUT2D eigenvalue weighted by atomic mass is 10.2. The van der Waals surface area contributed by atoms with E-state index < -0.39 is 35.0 Å². The third-order valence-corrected chi connectivity index (χ3v) is 5.23. The van der Waals surface area contributed by atoms with Gasteiger partial charge >= 0.3 is 0 Å². The Morgan fingerprint density at radius 2 is 1.76 bits per heavy atom. The highest BCUT2D eigenvalue weighted by molar-refractivity contribution is 5.95. The zero-order valence-electron chi connectivity index (χ0n) is 18.7. The van der Waals surface area contributed by atoms with E-state index in [0.717, 1.165) is 11.8 Å². The van der Waals surface area contributed by atoms with E-state index in [1.54, 1.807) is 23.6 Å². The van der Waals surface area contributed by atoms with Crippen LogP contribution in [0.1, 0.15) is 22.6 Å². The molecule has 34 heavy (non-hydrogen) atoms. The van der Waals surface area contributed by atoms with Gasteiger partial charge in [-0.2, -0.15) is 5.26 Å². The second kappa shape index (κ2) is 10.3. The van der Waals surface area contributed by atoms with Crippen LogP contribution in [-0.2, 0) is 16.1 Å². The number of aromatic nitrogens is 1. The summed E-state index contributed by atoms with van der Waals surface area (Å²) in [5.41, 5.74) is 1.30. The first-order chi connectivity index (χ1) is 16.1. The predicted molar refractivity (Wildman–Crippen MR) is 118 cm³/mol. The smallest absolute Gasteiger partial charge is 0.239 e. The number of carbonyl (C=O) groups excluding carboxylic acids is 2. The first-order valence-corrected chi connectivity index (χ1v) is 10.2. The Kier molecular flexibility index (Phi) is 7.43. The number of carbonyl (C=O) groups is 2. The molecule has 0 saturated carbocycles. The molecule has 0 bridgehead atoms. The molecule has 0 aliphatic rings. The van der Waals surface area contributed by atoms with E-state index in [1.807, 2.05) is 6.92 Å². The molecular weight excluding hydrogens is 451 g/mol. The Labute approximate surface area is 193 Å². The van der Waals surface area contributed by atoms with Crippen LogP contribution in [0.4, 0.5) is 24.7 Å². The van der Waals surface area contributed by atoms with E-state index in [1.165, 1.54) is 18.2 Å². The molecule has 0 atom stereocenters. The van der Waals surface area contributed by atoms with Gasteiger partial charge in [-0.05, 0) is 50.7 Å². The third kappa shape index (κ3) is 5.29. The van der Waals surface area contributed by atoms with Gasteiger partial charge < -0.3 is 19.6 Å². The van der Waals surface area contributed by atoms with E-state index in [-0.39, 0.29) is 13.1 Å². The fourth-order valence-electron chi connectivity index (χ4n) is 3.42. The molecule has 2 heterocycles. The second-order valence-electron chi connectivity index (χ2n) is 7.70. The van der Waals surface area contributed by atoms with Gasteiger partial charge in [0.1, 0.15) is 17.6 Å². The quantitative estimate of drug-likeness (QED) is 0.487. The number of rotatable bonds is 8. The maximum atomic E-state index is 13.7. The summed E-state index contributed by atoms with van der Waals surface area (Å²) in [6.07, 6.45) is 1.52. The van der Waals surface area contributed by atoms with Crippen LogP contribution in [0.25, 0.3) is 0 Å². The number of benzene rings is 1. The van der Waals surface area contributed by atoms with E-state index in [2.05, 4.69) is 16.7 Å². The van der Waals surface area contributed by atoms with Crippen LogP contribution in [0.5, 0.6) is 0 Å². The van der Waals surface area contributed by atoms with E-state index in [0.29, 0.717) is 35.3 Å². The number of hydrogen-bond acceptors (Lipinski definition) is 5. The van der Waals surface area contributed by atoms with Crippen molar-refractivity contribution < 1.29 is 27.2 Å². The second-order valence-corrected chi connectivity index (χ2v) is 7.70. The first kappa shape index (κ1) is 24.6. The molecule has 3 aromatic rings. The van der Waals surface area contributed by atoms with Gasteiger partial charge in [0, 0.05) is 5.69 Å². The summed E-state index contributed by atoms with van der Waals surface area (Å²) >= 11 is 0. The Morgan fingerprint density at radius 1 is 1.09 bits per heavy atom. The van der Waals surface area contributed by atoms with Gasteiger partial charge in [-0.15, -0.1) is 0 Å². The fourth-order valence-corrected chi connectivity index (χ4v) is 3.42. The van der Waals surface area contributed by atoms with Crippen LogP contribution < -0.4 is 10.6 Å². The van der Waals surface area contributed by atoms with Gasteiger partial charge in [0.05, 0.1) is 37.1 Å². The number of hydrogen-bond donors (Lipinski definition) is 2. The van der Waals surface area contributed by atoms with Gasteiger partial charge in [0.25, 0.3) is 0 Å². The summed E-state index contributed by atoms with van der Waals surface area (Å²) in [4.78, 5) is 26.2. The number of halogens is 3. The van der Waals surface area contributed by atoms with Crippen LogP contribution in [-0.4, -0.2) is 41.4 Å². The van der Waals surface area contributed by atoms with Crippen molar-refractivity contribution >= 4 is 23.3 Å². The molecule has 2 amide bonds. The number of amides is 2. The maximum absolute atomic E-state index is 13.7. The lowest BCUT2D eigenvalue weighted by Crippen LogP contribution is -2.36. The average molecular weight is 473 g/mol. The van der Waals surface area contributed by atoms with Crippen molar-refractivity contribution in [3.05, 3.63) is 70.6 Å². The van der Waals surface area contributed by atoms with Crippen molar-refractivity contribution in [1.82, 2.24) is 9.47 Å². The Morgan fingerprint density at radius 3 is 2.38 bits per heavy atom. The summed E-state index contributed by atoms with van der Waals surface area (Å²) in [5, 5.41) is 14.5. The van der Waals surface area contributed by atoms with E-state index >= 15 is 0 Å². The highest BCUT2D eigenvalue weighted by atomic mass is 19.2. The average Bonchev–Trinajstić information content (AvgIpc) is 3.37. The van der Waals surface area contributed by atoms with Gasteiger partial charge in [0.2, 0.25) is 11.8 Å². The monoisotopic (exact) mass is 473 g/mol. The number of anilines is 2. The number of likely N-dealkylation sites (N-methyl/N-ethyl adjacent to an activating group) is 1. The minimum absolute atomic E-state index is 0.234. The number of nitrogens with one attached hydrogen (secondary N) is 2. The number of nitrogens with zero attached hydrogens (tertiary/aromatic N) is 3. The molecule has 0 unspecified atom stereocenters. The topological polar surface area (TPSA) is 103 Å². The molecule has 2 N–H and O–H groups in total. The highest BCUT2D eigenvalue weighted by Gasteiger charge is 2.22. The van der Waals surface area contributed by atoms with Crippen LogP contribution in [0, 0.1) is 42.6 Å². The van der Waals surface area contributed by atoms with Crippen molar-refractivity contribution in [2.75, 3.05) is 30.8 Å². The Bertz CT molecular complexity index is 1260. The van der Waals surface area contributed by atoms with Gasteiger partial charge in [-0.1, -0.05) is 0 Å². The fraction of sp³-hybridized carbons (Fsp3) is 0.261. The Balaban J connectivity index is 1.66. The molecule has 8 nitrogen and oxygen atoms in total. The van der Waals surface area contributed by atoms with Crippen molar-refractivity contribution in [2.45, 2.75) is 20.4 Å². The Hall–Kier alpha value is -4.04. The summed E-state index contributed by atoms with van der Waals surface area (Å²) in [6, 6.07) is 7.20. The summed E-state index contributed by atoms with van der Waals surface area (Å²) in [5.74, 6) is -4.86. The van der Waals surface area contributed by atoms with Gasteiger partial charge in [-0.25, -0.2) is 13.2 Å². The third-order valence-electron chi connectivity index (χ3n) is 5.23. The van der Waals surface area contributed by atoms with Crippen LogP contribution in [0.2, 0.25) is 0 Å². The normalized spacial score (nSPS) is 10.9. The lowest BCUT2D eigenvalue weighted by Gasteiger charge is -2.17. The molecule has 11 heteroatoms. The summed E-state index contributed by atoms with van der Waals surface area (Å²) in [7, 11) is 1.48. The van der Waals surface area contributed by atoms with Crippen molar-refractivity contribution in [1.29, 1.82) is 5.26 Å². The molecule has 3 rings (SSSR count). The maximum Gasteiger partial charge on any atom is 0.239 e. The standard InChI is InChI=1S/C23H22F3N5O3/c1-13-14(2)31(10-15-5-4-8-34-15)23(16(13)9-27)29-20(33)12-30(3)11-19(32)28-18-7-6-17(24)21(25)22(18)26/h4-8H,10-12H2,1-3H3,(H,28,32)(H,29,33). The van der Waals surface area contributed by atoms with Gasteiger partial charge in [-0.3, -0.25) is 14.5 Å². The number of nitriles is 1. The summed E-state index contributed by atoms with van der Waals surface area (Å²) < 4.78 is 47.2. The molecule has 0 spiro atoms. The lowest BCUT2D eigenvalue weighted by molar-refractivity contribution is -0.119. The molecular formula is C23H22F3N5O3. The molecule has 0 aliphatic carbocycles.